The molecule has 0 saturated heterocycles. The molecule has 1 aliphatic rings. The van der Waals surface area contributed by atoms with E-state index in [1.807, 2.05) is 86.4 Å². The number of hydrogen-bond donors (Lipinski definition) is 0. The predicted molar refractivity (Wildman–Crippen MR) is 118 cm³/mol. The molecule has 142 valence electrons. The van der Waals surface area contributed by atoms with E-state index in [0.717, 1.165) is 33.5 Å². The number of pyridine rings is 2. The van der Waals surface area contributed by atoms with E-state index in [4.69, 9.17) is 8.53 Å². The Bertz CT molecular complexity index is 1360. The number of benzene rings is 1. The van der Waals surface area contributed by atoms with Crippen LogP contribution in [-0.4, -0.2) is 23.7 Å². The van der Waals surface area contributed by atoms with E-state index >= 15 is 0 Å². The maximum absolute atomic E-state index is 8.10. The molecule has 4 heterocycles. The lowest BCUT2D eigenvalue weighted by Crippen LogP contribution is -2.65. The molecular weight excluding hydrogens is 357 g/mol. The zero-order valence-corrected chi connectivity index (χ0v) is 16.7. The molecule has 5 heteroatoms. The summed E-state index contributed by atoms with van der Waals surface area (Å²) >= 11 is 0. The van der Waals surface area contributed by atoms with E-state index in [-0.39, 0.29) is 6.85 Å². The number of fused-ring (bicyclic) bond motifs is 3. The van der Waals surface area contributed by atoms with Crippen LogP contribution in [0.5, 0.6) is 0 Å². The number of furan rings is 1. The lowest BCUT2D eigenvalue weighted by molar-refractivity contribution is -0.654. The van der Waals surface area contributed by atoms with Gasteiger partial charge < -0.3 is 9.23 Å². The zero-order valence-electron chi connectivity index (χ0n) is 19.7. The highest BCUT2D eigenvalue weighted by atomic mass is 16.3. The van der Waals surface area contributed by atoms with Crippen molar-refractivity contribution in [2.75, 3.05) is 7.05 Å². The summed E-state index contributed by atoms with van der Waals surface area (Å²) in [6, 6.07) is 15.7. The van der Waals surface area contributed by atoms with E-state index in [1.54, 1.807) is 6.20 Å². The van der Waals surface area contributed by atoms with E-state index in [0.29, 0.717) is 16.8 Å². The van der Waals surface area contributed by atoms with Crippen LogP contribution in [0.2, 0.25) is 0 Å². The smallest absolute Gasteiger partial charge is 0.443 e. The van der Waals surface area contributed by atoms with Crippen molar-refractivity contribution in [1.29, 1.82) is 0 Å². The van der Waals surface area contributed by atoms with Gasteiger partial charge in [-0.25, -0.2) is 9.55 Å². The molecule has 4 nitrogen and oxygen atoms in total. The lowest BCUT2D eigenvalue weighted by Gasteiger charge is -2.24. The second-order valence-electron chi connectivity index (χ2n) is 7.57. The normalized spacial score (nSPS) is 15.2. The minimum absolute atomic E-state index is 0.220. The van der Waals surface area contributed by atoms with Gasteiger partial charge in [0.15, 0.2) is 11.8 Å². The summed E-state index contributed by atoms with van der Waals surface area (Å²) in [5, 5.41) is 0.977. The van der Waals surface area contributed by atoms with Crippen LogP contribution < -0.4 is 15.8 Å². The third kappa shape index (κ3) is 2.85. The first-order chi connectivity index (χ1) is 15.2. The Hall–Kier alpha value is -3.34. The maximum Gasteiger partial charge on any atom is 0.443 e. The number of aromatic nitrogens is 2. The summed E-state index contributed by atoms with van der Waals surface area (Å²) in [7, 11) is 3.88. The molecule has 0 amide bonds. The summed E-state index contributed by atoms with van der Waals surface area (Å²) in [6.07, 6.45) is 5.80. The lowest BCUT2D eigenvalue weighted by atomic mass is 9.52. The molecule has 0 atom stereocenters. The first-order valence-electron chi connectivity index (χ1n) is 11.1. The highest BCUT2D eigenvalue weighted by molar-refractivity contribution is 6.82. The van der Waals surface area contributed by atoms with Gasteiger partial charge in [0.2, 0.25) is 5.71 Å². The van der Waals surface area contributed by atoms with Crippen LogP contribution in [0, 0.1) is 13.8 Å². The minimum Gasteiger partial charge on any atom is -0.449 e. The molecule has 0 saturated carbocycles. The fraction of sp³-hybridized carbons (Fsp3) is 0.167. The number of aryl methyl sites for hydroxylation is 3. The Morgan fingerprint density at radius 2 is 2.00 bits per heavy atom. The van der Waals surface area contributed by atoms with Gasteiger partial charge in [0, 0.05) is 32.4 Å². The SMILES string of the molecule is [2H]C([2H])([2H])c1c[n+](C)c(B2c3oc4nc(C)ccc4c3C=CN2C)cc1-c1ccccc1. The quantitative estimate of drug-likeness (QED) is 0.394. The highest BCUT2D eigenvalue weighted by Gasteiger charge is 2.40. The Morgan fingerprint density at radius 3 is 2.79 bits per heavy atom. The Labute approximate surface area is 175 Å². The number of nitrogens with zero attached hydrogens (tertiary/aromatic N) is 3. The zero-order chi connectivity index (χ0) is 22.6. The summed E-state index contributed by atoms with van der Waals surface area (Å²) in [6.45, 7) is -0.506. The van der Waals surface area contributed by atoms with Gasteiger partial charge in [0.05, 0.1) is 0 Å². The summed E-state index contributed by atoms with van der Waals surface area (Å²) in [5.74, 6) is 0. The Morgan fingerprint density at radius 1 is 1.17 bits per heavy atom. The van der Waals surface area contributed by atoms with Crippen molar-refractivity contribution >= 4 is 35.3 Å². The van der Waals surface area contributed by atoms with E-state index in [9.17, 15) is 0 Å². The predicted octanol–water partition coefficient (Wildman–Crippen LogP) is 2.96. The first kappa shape index (κ1) is 14.6. The number of rotatable bonds is 2. The van der Waals surface area contributed by atoms with E-state index in [2.05, 4.69) is 9.79 Å². The third-order valence-electron chi connectivity index (χ3n) is 5.57. The molecule has 29 heavy (non-hydrogen) atoms. The van der Waals surface area contributed by atoms with Gasteiger partial charge in [0.25, 0.3) is 0 Å². The Kier molecular flexibility index (Phi) is 3.34. The second kappa shape index (κ2) is 6.62. The van der Waals surface area contributed by atoms with Gasteiger partial charge in [-0.1, -0.05) is 30.3 Å². The Balaban J connectivity index is 1.75. The molecule has 3 aromatic heterocycles. The largest absolute Gasteiger partial charge is 0.449 e. The van der Waals surface area contributed by atoms with Crippen LogP contribution in [0.15, 0.2) is 65.3 Å². The van der Waals surface area contributed by atoms with Gasteiger partial charge in [-0.15, -0.1) is 0 Å². The van der Waals surface area contributed by atoms with Gasteiger partial charge >= 0.3 is 6.85 Å². The monoisotopic (exact) mass is 383 g/mol. The molecule has 0 radical (unpaired) electrons. The van der Waals surface area contributed by atoms with Crippen LogP contribution in [-0.2, 0) is 7.05 Å². The van der Waals surface area contributed by atoms with Crippen molar-refractivity contribution in [2.24, 2.45) is 7.05 Å². The van der Waals surface area contributed by atoms with Crippen molar-refractivity contribution in [1.82, 2.24) is 9.79 Å². The molecular formula is C24H23BN3O+. The molecule has 5 rings (SSSR count). The van der Waals surface area contributed by atoms with Gasteiger partial charge in [-0.2, -0.15) is 0 Å². The first-order valence-corrected chi connectivity index (χ1v) is 9.63. The van der Waals surface area contributed by atoms with Crippen LogP contribution in [0.3, 0.4) is 0 Å². The third-order valence-corrected chi connectivity index (χ3v) is 5.57. The molecule has 0 bridgehead atoms. The average Bonchev–Trinajstić information content (AvgIpc) is 3.11. The molecule has 1 aliphatic heterocycles. The minimum atomic E-state index is -2.23. The molecule has 0 unspecified atom stereocenters. The fourth-order valence-corrected chi connectivity index (χ4v) is 4.08. The van der Waals surface area contributed by atoms with E-state index in [1.165, 1.54) is 0 Å². The molecule has 4 aromatic rings. The van der Waals surface area contributed by atoms with Crippen LogP contribution in [0.4, 0.5) is 0 Å². The van der Waals surface area contributed by atoms with Crippen LogP contribution in [0.1, 0.15) is 20.9 Å². The summed E-state index contributed by atoms with van der Waals surface area (Å²) in [4.78, 5) is 6.65. The summed E-state index contributed by atoms with van der Waals surface area (Å²) < 4.78 is 32.5. The van der Waals surface area contributed by atoms with Crippen LogP contribution >= 0.6 is 0 Å². The van der Waals surface area contributed by atoms with Gasteiger partial charge in [-0.05, 0) is 56.4 Å². The van der Waals surface area contributed by atoms with E-state index < -0.39 is 6.85 Å². The average molecular weight is 383 g/mol. The van der Waals surface area contributed by atoms with Gasteiger partial charge in [0.1, 0.15) is 12.7 Å². The van der Waals surface area contributed by atoms with Crippen molar-refractivity contribution in [3.05, 3.63) is 77.7 Å². The fourth-order valence-electron chi connectivity index (χ4n) is 4.08. The van der Waals surface area contributed by atoms with Crippen molar-refractivity contribution in [3.8, 4) is 11.1 Å². The van der Waals surface area contributed by atoms with Crippen molar-refractivity contribution in [2.45, 2.75) is 13.8 Å². The van der Waals surface area contributed by atoms with Gasteiger partial charge in [-0.3, -0.25) is 0 Å². The molecule has 0 aliphatic carbocycles. The molecule has 0 fully saturated rings. The second-order valence-corrected chi connectivity index (χ2v) is 7.57. The molecule has 0 N–H and O–H groups in total. The van der Waals surface area contributed by atoms with Crippen LogP contribution in [0.25, 0.3) is 28.3 Å². The highest BCUT2D eigenvalue weighted by Crippen LogP contribution is 2.25. The number of hydrogen-bond acceptors (Lipinski definition) is 3. The maximum atomic E-state index is 8.10. The topological polar surface area (TPSA) is 33.1 Å². The summed E-state index contributed by atoms with van der Waals surface area (Å²) in [5.41, 5.74) is 6.16. The standard InChI is InChI=1S/C24H23BN3O/c1-16-15-27(3)22(14-21(16)18-8-6-5-7-9-18)25-23-19(12-13-28(25)4)20-11-10-17(2)26-24(20)29-23/h5-15H,1-4H3/q+1/i1D3. The molecule has 1 aromatic carbocycles. The molecule has 0 spiro atoms. The van der Waals surface area contributed by atoms with Crippen molar-refractivity contribution in [3.63, 3.8) is 0 Å². The van der Waals surface area contributed by atoms with Crippen molar-refractivity contribution < 1.29 is 13.1 Å².